The average molecular weight is 203 g/mol. The van der Waals surface area contributed by atoms with Crippen LogP contribution in [0.3, 0.4) is 0 Å². The lowest BCUT2D eigenvalue weighted by molar-refractivity contribution is 0.627. The number of fused-ring (bicyclic) bond motifs is 1. The average Bonchev–Trinajstić information content (AvgIpc) is 2.18. The summed E-state index contributed by atoms with van der Waals surface area (Å²) in [6.07, 6.45) is 2.40. The molecule has 0 aliphatic carbocycles. The van der Waals surface area contributed by atoms with E-state index in [1.807, 2.05) is 0 Å². The second kappa shape index (κ2) is 4.36. The van der Waals surface area contributed by atoms with Gasteiger partial charge < -0.3 is 5.32 Å². The molecule has 0 aromatic heterocycles. The molecule has 1 aliphatic heterocycles. The summed E-state index contributed by atoms with van der Waals surface area (Å²) in [6, 6.07) is 4.81. The lowest BCUT2D eigenvalue weighted by Crippen LogP contribution is -2.24. The number of hydrogen-bond donors (Lipinski definition) is 1. The molecular weight excluding hydrogens is 182 g/mol. The van der Waals surface area contributed by atoms with Crippen molar-refractivity contribution >= 4 is 0 Å². The third-order valence-electron chi connectivity index (χ3n) is 3.17. The molecule has 15 heavy (non-hydrogen) atoms. The number of benzene rings is 1. The van der Waals surface area contributed by atoms with Gasteiger partial charge in [-0.05, 0) is 54.5 Å². The highest BCUT2D eigenvalue weighted by molar-refractivity contribution is 5.39. The van der Waals surface area contributed by atoms with Crippen LogP contribution in [0, 0.1) is 12.8 Å². The van der Waals surface area contributed by atoms with Gasteiger partial charge in [-0.15, -0.1) is 0 Å². The predicted molar refractivity (Wildman–Crippen MR) is 65.1 cm³/mol. The number of hydrogen-bond acceptors (Lipinski definition) is 1. The molecule has 0 spiro atoms. The first-order valence-corrected chi connectivity index (χ1v) is 5.99. The Morgan fingerprint density at radius 3 is 2.80 bits per heavy atom. The minimum absolute atomic E-state index is 0.748. The fourth-order valence-electron chi connectivity index (χ4n) is 2.37. The largest absolute Gasteiger partial charge is 0.312 e. The summed E-state index contributed by atoms with van der Waals surface area (Å²) >= 11 is 0. The third-order valence-corrected chi connectivity index (χ3v) is 3.17. The maximum absolute atomic E-state index is 3.44. The lowest BCUT2D eigenvalue weighted by Gasteiger charge is -2.20. The van der Waals surface area contributed by atoms with Crippen LogP contribution >= 0.6 is 0 Å². The van der Waals surface area contributed by atoms with Crippen molar-refractivity contribution in [2.45, 2.75) is 40.2 Å². The van der Waals surface area contributed by atoms with E-state index >= 15 is 0 Å². The fourth-order valence-corrected chi connectivity index (χ4v) is 2.37. The Balaban J connectivity index is 2.32. The summed E-state index contributed by atoms with van der Waals surface area (Å²) in [5.41, 5.74) is 6.08. The molecule has 1 heterocycles. The van der Waals surface area contributed by atoms with E-state index in [4.69, 9.17) is 0 Å². The molecule has 0 saturated heterocycles. The molecule has 0 saturated carbocycles. The second-order valence-electron chi connectivity index (χ2n) is 5.07. The highest BCUT2D eigenvalue weighted by Crippen LogP contribution is 2.21. The van der Waals surface area contributed by atoms with Crippen LogP contribution in [-0.2, 0) is 19.4 Å². The van der Waals surface area contributed by atoms with Crippen molar-refractivity contribution in [2.75, 3.05) is 6.54 Å². The van der Waals surface area contributed by atoms with Crippen LogP contribution in [0.25, 0.3) is 0 Å². The Hall–Kier alpha value is -0.820. The van der Waals surface area contributed by atoms with Gasteiger partial charge in [-0.25, -0.2) is 0 Å². The third kappa shape index (κ3) is 2.40. The van der Waals surface area contributed by atoms with Crippen LogP contribution in [0.2, 0.25) is 0 Å². The minimum Gasteiger partial charge on any atom is -0.312 e. The van der Waals surface area contributed by atoms with E-state index < -0.39 is 0 Å². The van der Waals surface area contributed by atoms with Crippen LogP contribution in [0.1, 0.15) is 36.1 Å². The summed E-state index contributed by atoms with van der Waals surface area (Å²) in [4.78, 5) is 0. The first kappa shape index (κ1) is 10.7. The maximum Gasteiger partial charge on any atom is 0.0208 e. The molecule has 1 nitrogen and oxygen atoms in total. The highest BCUT2D eigenvalue weighted by Gasteiger charge is 2.11. The summed E-state index contributed by atoms with van der Waals surface area (Å²) in [6.45, 7) is 9.02. The van der Waals surface area contributed by atoms with Crippen molar-refractivity contribution < 1.29 is 0 Å². The molecule has 1 aliphatic rings. The van der Waals surface area contributed by atoms with Gasteiger partial charge in [-0.2, -0.15) is 0 Å². The maximum atomic E-state index is 3.44. The van der Waals surface area contributed by atoms with Gasteiger partial charge in [0.15, 0.2) is 0 Å². The van der Waals surface area contributed by atoms with Crippen molar-refractivity contribution in [3.63, 3.8) is 0 Å². The van der Waals surface area contributed by atoms with Gasteiger partial charge in [0.1, 0.15) is 0 Å². The molecule has 1 aromatic carbocycles. The quantitative estimate of drug-likeness (QED) is 0.779. The Morgan fingerprint density at radius 1 is 1.27 bits per heavy atom. The van der Waals surface area contributed by atoms with E-state index in [-0.39, 0.29) is 0 Å². The van der Waals surface area contributed by atoms with Crippen molar-refractivity contribution in [3.8, 4) is 0 Å². The SMILES string of the molecule is Cc1cc2c(cc1CC(C)C)CNCC2. The lowest BCUT2D eigenvalue weighted by atomic mass is 9.91. The predicted octanol–water partition coefficient (Wildman–Crippen LogP) is 2.84. The van der Waals surface area contributed by atoms with Crippen molar-refractivity contribution in [3.05, 3.63) is 34.4 Å². The molecule has 0 unspecified atom stereocenters. The zero-order valence-electron chi connectivity index (χ0n) is 10.1. The van der Waals surface area contributed by atoms with Crippen LogP contribution in [-0.4, -0.2) is 6.54 Å². The molecule has 1 N–H and O–H groups in total. The standard InChI is InChI=1S/C14H21N/c1-10(2)6-13-8-14-9-15-5-4-12(14)7-11(13)3/h7-8,10,15H,4-6,9H2,1-3H3. The smallest absolute Gasteiger partial charge is 0.0208 e. The van der Waals surface area contributed by atoms with Crippen molar-refractivity contribution in [1.82, 2.24) is 5.32 Å². The molecule has 82 valence electrons. The Labute approximate surface area is 92.9 Å². The van der Waals surface area contributed by atoms with Crippen molar-refractivity contribution in [2.24, 2.45) is 5.92 Å². The van der Waals surface area contributed by atoms with E-state index in [0.29, 0.717) is 0 Å². The van der Waals surface area contributed by atoms with Crippen LogP contribution < -0.4 is 5.32 Å². The molecule has 0 atom stereocenters. The van der Waals surface area contributed by atoms with E-state index in [9.17, 15) is 0 Å². The Bertz CT molecular complexity index is 353. The van der Waals surface area contributed by atoms with Gasteiger partial charge in [0.05, 0.1) is 0 Å². The first-order chi connectivity index (χ1) is 7.16. The van der Waals surface area contributed by atoms with E-state index in [0.717, 1.165) is 19.0 Å². The van der Waals surface area contributed by atoms with Gasteiger partial charge in [-0.3, -0.25) is 0 Å². The van der Waals surface area contributed by atoms with Gasteiger partial charge in [-0.1, -0.05) is 26.0 Å². The van der Waals surface area contributed by atoms with Crippen LogP contribution in [0.15, 0.2) is 12.1 Å². The second-order valence-corrected chi connectivity index (χ2v) is 5.07. The van der Waals surface area contributed by atoms with Crippen LogP contribution in [0.5, 0.6) is 0 Å². The minimum atomic E-state index is 0.748. The summed E-state index contributed by atoms with van der Waals surface area (Å²) in [5, 5.41) is 3.44. The number of nitrogens with one attached hydrogen (secondary N) is 1. The normalized spacial score (nSPS) is 15.5. The van der Waals surface area contributed by atoms with Gasteiger partial charge >= 0.3 is 0 Å². The molecule has 0 fully saturated rings. The summed E-state index contributed by atoms with van der Waals surface area (Å²) < 4.78 is 0. The first-order valence-electron chi connectivity index (χ1n) is 5.99. The van der Waals surface area contributed by atoms with E-state index in [1.165, 1.54) is 29.5 Å². The Morgan fingerprint density at radius 2 is 2.07 bits per heavy atom. The topological polar surface area (TPSA) is 12.0 Å². The summed E-state index contributed by atoms with van der Waals surface area (Å²) in [7, 11) is 0. The molecule has 0 radical (unpaired) electrons. The zero-order valence-corrected chi connectivity index (χ0v) is 10.1. The summed E-state index contributed by atoms with van der Waals surface area (Å²) in [5.74, 6) is 0.748. The fraction of sp³-hybridized carbons (Fsp3) is 0.571. The monoisotopic (exact) mass is 203 g/mol. The molecule has 0 amide bonds. The van der Waals surface area contributed by atoms with Gasteiger partial charge in [0.2, 0.25) is 0 Å². The van der Waals surface area contributed by atoms with Gasteiger partial charge in [0, 0.05) is 6.54 Å². The van der Waals surface area contributed by atoms with E-state index in [2.05, 4.69) is 38.2 Å². The molecule has 1 aromatic rings. The highest BCUT2D eigenvalue weighted by atomic mass is 14.9. The molecule has 1 heteroatoms. The zero-order chi connectivity index (χ0) is 10.8. The van der Waals surface area contributed by atoms with Crippen molar-refractivity contribution in [1.29, 1.82) is 0 Å². The van der Waals surface area contributed by atoms with Gasteiger partial charge in [0.25, 0.3) is 0 Å². The van der Waals surface area contributed by atoms with E-state index in [1.54, 1.807) is 5.56 Å². The van der Waals surface area contributed by atoms with Crippen LogP contribution in [0.4, 0.5) is 0 Å². The number of aryl methyl sites for hydroxylation is 1. The number of rotatable bonds is 2. The molecule has 0 bridgehead atoms. The molecule has 2 rings (SSSR count). The Kier molecular flexibility index (Phi) is 3.11. The molecular formula is C14H21N.